The van der Waals surface area contributed by atoms with Crippen molar-refractivity contribution >= 4 is 44.6 Å². The minimum absolute atomic E-state index is 0. The molecule has 0 saturated carbocycles. The molecule has 6 heteroatoms. The first-order valence-electron chi connectivity index (χ1n) is 34.6. The van der Waals surface area contributed by atoms with E-state index in [1.54, 1.807) is 93.9 Å². The van der Waals surface area contributed by atoms with Gasteiger partial charge in [-0.3, -0.25) is 0 Å². The molecule has 0 radical (unpaired) electrons. The van der Waals surface area contributed by atoms with Crippen LogP contribution in [0, 0.1) is 30.1 Å². The molecule has 2 aromatic heterocycles. The van der Waals surface area contributed by atoms with Crippen LogP contribution in [0.2, 0.25) is 0 Å². The summed E-state index contributed by atoms with van der Waals surface area (Å²) >= 11 is 0. The number of anilines is 4. The van der Waals surface area contributed by atoms with E-state index in [1.165, 1.54) is 0 Å². The molecule has 0 unspecified atom stereocenters. The van der Waals surface area contributed by atoms with Crippen molar-refractivity contribution in [2.75, 3.05) is 9.80 Å². The van der Waals surface area contributed by atoms with E-state index in [0.29, 0.717) is 67.0 Å². The van der Waals surface area contributed by atoms with Crippen LogP contribution in [0.3, 0.4) is 0 Å². The van der Waals surface area contributed by atoms with Crippen LogP contribution in [0.4, 0.5) is 22.7 Å². The summed E-state index contributed by atoms with van der Waals surface area (Å²) in [6.45, 7) is 24.5. The van der Waals surface area contributed by atoms with Crippen LogP contribution in [-0.4, -0.2) is 9.55 Å². The molecule has 3 heterocycles. The van der Waals surface area contributed by atoms with E-state index in [1.807, 2.05) is 97.9 Å². The molecule has 1 aliphatic heterocycles. The number of rotatable bonds is 11. The molecular formula is C75H75N4OPt-3. The van der Waals surface area contributed by atoms with Gasteiger partial charge in [0.25, 0.3) is 0 Å². The Morgan fingerprint density at radius 2 is 1.35 bits per heavy atom. The van der Waals surface area contributed by atoms with Gasteiger partial charge in [0.05, 0.1) is 13.7 Å². The maximum absolute atomic E-state index is 10.3. The first-order valence-corrected chi connectivity index (χ1v) is 27.6. The largest absolute Gasteiger partial charge is 0.509 e. The molecule has 5 nitrogen and oxygen atoms in total. The van der Waals surface area contributed by atoms with Gasteiger partial charge in [0.15, 0.2) is 0 Å². The van der Waals surface area contributed by atoms with Gasteiger partial charge in [0, 0.05) is 83.5 Å². The molecule has 0 N–H and O–H groups in total. The fourth-order valence-corrected chi connectivity index (χ4v) is 11.0. The summed E-state index contributed by atoms with van der Waals surface area (Å²) < 4.78 is 143. The maximum Gasteiger partial charge on any atom is 0.135 e. The Morgan fingerprint density at radius 3 is 2.07 bits per heavy atom. The standard InChI is InChI=1S/C75H75N4O.Pt/c1-49(2)38-53-43-70(76-47-63(53)51-22-14-13-15-23-51)79-66-29-17-16-26-61(66)62-34-33-58(45-69(62)79)80-57-25-20-24-56(44-57)77-48-78(68-31-19-18-30-67(68)77)71-59(52-32-35-64-65(42-52)75(11,12)37-36-74(64,9)10)27-21-28-60(71)54-39-50(46-72(3,4)5)40-55(41-54)73(6,7)8;/h13-35,39-43,47-49H,36-38,46H2,1-12H3;/q-3;/i16D,17D,26D,29D,32D,35D,38D2,39D,40D,41D,42D,46D2;. The van der Waals surface area contributed by atoms with E-state index in [2.05, 4.69) is 39.8 Å². The van der Waals surface area contributed by atoms with Gasteiger partial charge in [0.1, 0.15) is 5.82 Å². The van der Waals surface area contributed by atoms with E-state index in [4.69, 9.17) is 12.5 Å². The Kier molecular flexibility index (Phi) is 10.7. The zero-order valence-electron chi connectivity index (χ0n) is 62.1. The quantitative estimate of drug-likeness (QED) is 0.121. The van der Waals surface area contributed by atoms with Gasteiger partial charge in [-0.15, -0.1) is 48.1 Å². The molecule has 10 aromatic rings. The van der Waals surface area contributed by atoms with Crippen LogP contribution in [0.15, 0.2) is 176 Å². The average molecular weight is 1260 g/mol. The van der Waals surface area contributed by atoms with Gasteiger partial charge in [-0.05, 0) is 127 Å². The number of para-hydroxylation sites is 4. The number of pyridine rings is 1. The van der Waals surface area contributed by atoms with Gasteiger partial charge in [-0.2, -0.15) is 12.1 Å². The van der Waals surface area contributed by atoms with Crippen LogP contribution in [-0.2, 0) is 50.1 Å². The Bertz CT molecular complexity index is 4780. The van der Waals surface area contributed by atoms with Crippen LogP contribution in [0.5, 0.6) is 11.5 Å². The van der Waals surface area contributed by atoms with Crippen molar-refractivity contribution in [1.29, 1.82) is 0 Å². The van der Waals surface area contributed by atoms with E-state index >= 15 is 0 Å². The second-order valence-electron chi connectivity index (χ2n) is 24.8. The number of nitrogens with zero attached hydrogens (tertiary/aromatic N) is 4. The minimum atomic E-state index is -2.24. The topological polar surface area (TPSA) is 33.5 Å². The number of aromatic nitrogens is 2. The number of benzene rings is 8. The maximum atomic E-state index is 10.3. The summed E-state index contributed by atoms with van der Waals surface area (Å²) in [4.78, 5) is 8.69. The van der Waals surface area contributed by atoms with E-state index in [-0.39, 0.29) is 120 Å². The Hall–Kier alpha value is -7.20. The molecule has 0 spiro atoms. The van der Waals surface area contributed by atoms with Gasteiger partial charge in [-0.1, -0.05) is 204 Å². The van der Waals surface area contributed by atoms with Crippen molar-refractivity contribution in [3.63, 3.8) is 0 Å². The van der Waals surface area contributed by atoms with Crippen LogP contribution in [0.1, 0.15) is 143 Å². The first kappa shape index (κ1) is 40.9. The molecule has 0 saturated heterocycles. The fourth-order valence-electron chi connectivity index (χ4n) is 11.0. The summed E-state index contributed by atoms with van der Waals surface area (Å²) in [5.74, 6) is 0.161. The molecule has 81 heavy (non-hydrogen) atoms. The molecule has 0 bridgehead atoms. The van der Waals surface area contributed by atoms with Crippen molar-refractivity contribution in [1.82, 2.24) is 9.55 Å². The number of hydrogen-bond donors (Lipinski definition) is 0. The van der Waals surface area contributed by atoms with Crippen molar-refractivity contribution in [2.24, 2.45) is 11.3 Å². The van der Waals surface area contributed by atoms with Crippen LogP contribution >= 0.6 is 0 Å². The molecule has 1 aliphatic carbocycles. The molecule has 8 aromatic carbocycles. The molecule has 0 amide bonds. The predicted molar refractivity (Wildman–Crippen MR) is 336 cm³/mol. The van der Waals surface area contributed by atoms with Gasteiger partial charge in [0.2, 0.25) is 0 Å². The van der Waals surface area contributed by atoms with E-state index in [9.17, 15) is 16.4 Å². The molecular weight excluding hydrogens is 1170 g/mol. The Morgan fingerprint density at radius 1 is 0.667 bits per heavy atom. The van der Waals surface area contributed by atoms with Crippen molar-refractivity contribution in [3.8, 4) is 50.7 Å². The number of fused-ring (bicyclic) bond motifs is 5. The third kappa shape index (κ3) is 10.8. The average Bonchev–Trinajstić information content (AvgIpc) is 1.66. The third-order valence-corrected chi connectivity index (χ3v) is 15.2. The molecule has 2 aliphatic rings. The van der Waals surface area contributed by atoms with Crippen molar-refractivity contribution < 1.29 is 45.0 Å². The third-order valence-electron chi connectivity index (χ3n) is 15.2. The summed E-state index contributed by atoms with van der Waals surface area (Å²) in [7, 11) is 0. The summed E-state index contributed by atoms with van der Waals surface area (Å²) in [6, 6.07) is 37.4. The monoisotopic (exact) mass is 1260 g/mol. The van der Waals surface area contributed by atoms with Crippen LogP contribution in [0.25, 0.3) is 61.0 Å². The SMILES string of the molecule is [2H]c1c([2H])c2c(c([2H])c1-c1cccc(-c3c([2H])c(C(C)(C)C)c([2H])c(C([2H])([2H])C(C)(C)C)c3[2H])c1N1[CH-]N(c3[c-]c(Oc4[c-]c5c(cc4)c4c([2H])c([2H])c([2H])c([2H])c4n5-c4cc(C([2H])([2H])C(C)C)c(-c5ccccc5)cn4)ccc3)c3ccccc31)C(C)(C)CCC2(C)C.[Pt]. The summed E-state index contributed by atoms with van der Waals surface area (Å²) in [5, 5.41) is 0.653. The number of ether oxygens (including phenoxy) is 1. The molecule has 414 valence electrons. The second-order valence-corrected chi connectivity index (χ2v) is 24.8. The van der Waals surface area contributed by atoms with Crippen molar-refractivity contribution in [3.05, 3.63) is 222 Å². The molecule has 12 rings (SSSR count). The normalized spacial score (nSPS) is 17.6. The van der Waals surface area contributed by atoms with E-state index in [0.717, 1.165) is 18.4 Å². The smallest absolute Gasteiger partial charge is 0.135 e. The second kappa shape index (κ2) is 21.3. The van der Waals surface area contributed by atoms with Crippen LogP contribution < -0.4 is 14.5 Å². The Balaban J connectivity index is 0.00000919. The fraction of sp³-hybridized carbons (Fsp3) is 0.280. The summed E-state index contributed by atoms with van der Waals surface area (Å²) in [6.07, 6.45) is -1.02. The van der Waals surface area contributed by atoms with Gasteiger partial charge in [-0.25, -0.2) is 4.98 Å². The Labute approximate surface area is 516 Å². The van der Waals surface area contributed by atoms with E-state index < -0.39 is 52.4 Å². The van der Waals surface area contributed by atoms with Gasteiger partial charge < -0.3 is 19.1 Å². The minimum Gasteiger partial charge on any atom is -0.509 e. The predicted octanol–water partition coefficient (Wildman–Crippen LogP) is 20.4. The van der Waals surface area contributed by atoms with Gasteiger partial charge >= 0.3 is 0 Å². The summed E-state index contributed by atoms with van der Waals surface area (Å²) in [5.41, 5.74) is 3.59. The first-order chi connectivity index (χ1) is 43.9. The molecule has 0 atom stereocenters. The van der Waals surface area contributed by atoms with Crippen molar-refractivity contribution in [2.45, 2.75) is 125 Å². The zero-order valence-corrected chi connectivity index (χ0v) is 50.3. The number of hydrogen-bond acceptors (Lipinski definition) is 4. The zero-order chi connectivity index (χ0) is 68.2. The molecule has 0 fully saturated rings.